The van der Waals surface area contributed by atoms with Crippen molar-refractivity contribution in [2.45, 2.75) is 32.4 Å². The molecule has 0 heterocycles. The molecule has 0 saturated carbocycles. The molecule has 112 valence electrons. The van der Waals surface area contributed by atoms with Crippen LogP contribution in [0.4, 0.5) is 4.79 Å². The number of nitrogens with zero attached hydrogens (tertiary/aromatic N) is 1. The van der Waals surface area contributed by atoms with Gasteiger partial charge in [0.05, 0.1) is 6.04 Å². The highest BCUT2D eigenvalue weighted by atomic mass is 35.5. The first-order valence-electron chi connectivity index (χ1n) is 6.90. The molecule has 0 spiro atoms. The van der Waals surface area contributed by atoms with Crippen molar-refractivity contribution in [2.24, 2.45) is 0 Å². The smallest absolute Gasteiger partial charge is 0.315 e. The fourth-order valence-corrected chi connectivity index (χ4v) is 2.14. The van der Waals surface area contributed by atoms with Crippen LogP contribution in [-0.4, -0.2) is 37.6 Å². The van der Waals surface area contributed by atoms with Crippen LogP contribution in [0.25, 0.3) is 0 Å². The van der Waals surface area contributed by atoms with E-state index in [9.17, 15) is 4.79 Å². The molecule has 2 unspecified atom stereocenters. The van der Waals surface area contributed by atoms with Crippen molar-refractivity contribution >= 4 is 17.6 Å². The lowest BCUT2D eigenvalue weighted by Gasteiger charge is -2.26. The van der Waals surface area contributed by atoms with E-state index in [1.807, 2.05) is 57.1 Å². The maximum absolute atomic E-state index is 11.8. The van der Waals surface area contributed by atoms with Gasteiger partial charge in [0.2, 0.25) is 0 Å². The van der Waals surface area contributed by atoms with Gasteiger partial charge in [-0.2, -0.15) is 0 Å². The maximum atomic E-state index is 11.8. The number of carbonyl (C=O) groups is 1. The molecule has 0 fully saturated rings. The van der Waals surface area contributed by atoms with Crippen molar-refractivity contribution in [1.29, 1.82) is 0 Å². The lowest BCUT2D eigenvalue weighted by Crippen LogP contribution is -2.43. The SMILES string of the molecule is CCC(C)NC(=O)NCC(c1ccccc1Cl)N(C)C. The van der Waals surface area contributed by atoms with E-state index in [2.05, 4.69) is 10.6 Å². The van der Waals surface area contributed by atoms with E-state index < -0.39 is 0 Å². The van der Waals surface area contributed by atoms with E-state index in [-0.39, 0.29) is 18.1 Å². The van der Waals surface area contributed by atoms with Crippen LogP contribution in [0, 0.1) is 0 Å². The van der Waals surface area contributed by atoms with Crippen molar-refractivity contribution in [3.8, 4) is 0 Å². The fraction of sp³-hybridized carbons (Fsp3) is 0.533. The number of nitrogens with one attached hydrogen (secondary N) is 2. The quantitative estimate of drug-likeness (QED) is 0.847. The Morgan fingerprint density at radius 1 is 1.35 bits per heavy atom. The average molecular weight is 298 g/mol. The molecule has 1 aromatic rings. The number of urea groups is 1. The number of carbonyl (C=O) groups excluding carboxylic acids is 1. The summed E-state index contributed by atoms with van der Waals surface area (Å²) in [5.74, 6) is 0. The first kappa shape index (κ1) is 16.8. The van der Waals surface area contributed by atoms with Crippen LogP contribution in [0.15, 0.2) is 24.3 Å². The van der Waals surface area contributed by atoms with E-state index >= 15 is 0 Å². The Bertz CT molecular complexity index is 437. The van der Waals surface area contributed by atoms with Gasteiger partial charge in [-0.1, -0.05) is 36.7 Å². The Labute approximate surface area is 126 Å². The van der Waals surface area contributed by atoms with Crippen LogP contribution in [0.3, 0.4) is 0 Å². The van der Waals surface area contributed by atoms with Gasteiger partial charge in [-0.15, -0.1) is 0 Å². The maximum Gasteiger partial charge on any atom is 0.315 e. The van der Waals surface area contributed by atoms with Crippen LogP contribution in [0.2, 0.25) is 5.02 Å². The highest BCUT2D eigenvalue weighted by molar-refractivity contribution is 6.31. The molecule has 1 aromatic carbocycles. The summed E-state index contributed by atoms with van der Waals surface area (Å²) in [6.45, 7) is 4.54. The summed E-state index contributed by atoms with van der Waals surface area (Å²) in [4.78, 5) is 13.8. The number of hydrogen-bond acceptors (Lipinski definition) is 2. The summed E-state index contributed by atoms with van der Waals surface area (Å²) in [6, 6.07) is 7.80. The Balaban J connectivity index is 2.66. The highest BCUT2D eigenvalue weighted by Gasteiger charge is 2.17. The molecular formula is C15H24ClN3O. The summed E-state index contributed by atoms with van der Waals surface area (Å²) in [6.07, 6.45) is 0.912. The standard InChI is InChI=1S/C15H24ClN3O/c1-5-11(2)18-15(20)17-10-14(19(3)4)12-8-6-7-9-13(12)16/h6-9,11,14H,5,10H2,1-4H3,(H2,17,18,20). The zero-order chi connectivity index (χ0) is 15.1. The van der Waals surface area contributed by atoms with E-state index in [1.165, 1.54) is 0 Å². The third-order valence-electron chi connectivity index (χ3n) is 3.33. The number of likely N-dealkylation sites (N-methyl/N-ethyl adjacent to an activating group) is 1. The molecule has 0 aromatic heterocycles. The van der Waals surface area contributed by atoms with Gasteiger partial charge in [0.1, 0.15) is 0 Å². The van der Waals surface area contributed by atoms with Crippen molar-refractivity contribution in [3.63, 3.8) is 0 Å². The van der Waals surface area contributed by atoms with Gasteiger partial charge in [0.15, 0.2) is 0 Å². The summed E-state index contributed by atoms with van der Waals surface area (Å²) in [5.41, 5.74) is 1.02. The normalized spacial score (nSPS) is 13.9. The topological polar surface area (TPSA) is 44.4 Å². The zero-order valence-corrected chi connectivity index (χ0v) is 13.4. The monoisotopic (exact) mass is 297 g/mol. The van der Waals surface area contributed by atoms with E-state index in [0.717, 1.165) is 17.0 Å². The van der Waals surface area contributed by atoms with Gasteiger partial charge in [-0.05, 0) is 39.1 Å². The summed E-state index contributed by atoms with van der Waals surface area (Å²) >= 11 is 6.23. The molecule has 0 saturated heterocycles. The minimum Gasteiger partial charge on any atom is -0.336 e. The molecule has 5 heteroatoms. The van der Waals surface area contributed by atoms with Crippen LogP contribution in [0.1, 0.15) is 31.9 Å². The van der Waals surface area contributed by atoms with E-state index in [1.54, 1.807) is 0 Å². The zero-order valence-electron chi connectivity index (χ0n) is 12.6. The second-order valence-corrected chi connectivity index (χ2v) is 5.57. The van der Waals surface area contributed by atoms with Gasteiger partial charge < -0.3 is 15.5 Å². The third kappa shape index (κ3) is 5.02. The fourth-order valence-electron chi connectivity index (χ4n) is 1.88. The minimum atomic E-state index is -0.141. The van der Waals surface area contributed by atoms with Crippen molar-refractivity contribution in [3.05, 3.63) is 34.9 Å². The van der Waals surface area contributed by atoms with Gasteiger partial charge in [-0.25, -0.2) is 4.79 Å². The Morgan fingerprint density at radius 2 is 2.00 bits per heavy atom. The number of benzene rings is 1. The van der Waals surface area contributed by atoms with Crippen LogP contribution < -0.4 is 10.6 Å². The first-order chi connectivity index (χ1) is 9.45. The molecule has 0 bridgehead atoms. The lowest BCUT2D eigenvalue weighted by molar-refractivity contribution is 0.229. The van der Waals surface area contributed by atoms with Gasteiger partial charge in [-0.3, -0.25) is 0 Å². The first-order valence-corrected chi connectivity index (χ1v) is 7.28. The molecule has 2 N–H and O–H groups in total. The molecule has 2 atom stereocenters. The van der Waals surface area contributed by atoms with Gasteiger partial charge in [0, 0.05) is 17.6 Å². The van der Waals surface area contributed by atoms with E-state index in [0.29, 0.717) is 6.54 Å². The molecule has 1 rings (SSSR count). The Kier molecular flexibility index (Phi) is 6.82. The number of hydrogen-bond donors (Lipinski definition) is 2. The second-order valence-electron chi connectivity index (χ2n) is 5.16. The highest BCUT2D eigenvalue weighted by Crippen LogP contribution is 2.25. The summed E-state index contributed by atoms with van der Waals surface area (Å²) in [7, 11) is 3.95. The average Bonchev–Trinajstić information content (AvgIpc) is 2.40. The lowest BCUT2D eigenvalue weighted by atomic mass is 10.1. The van der Waals surface area contributed by atoms with Crippen molar-refractivity contribution < 1.29 is 4.79 Å². The molecule has 2 amide bonds. The van der Waals surface area contributed by atoms with E-state index in [4.69, 9.17) is 11.6 Å². The van der Waals surface area contributed by atoms with Crippen molar-refractivity contribution in [2.75, 3.05) is 20.6 Å². The second kappa shape index (κ2) is 8.12. The number of amides is 2. The molecular weight excluding hydrogens is 274 g/mol. The summed E-state index contributed by atoms with van der Waals surface area (Å²) < 4.78 is 0. The number of rotatable bonds is 6. The molecule has 4 nitrogen and oxygen atoms in total. The van der Waals surface area contributed by atoms with Crippen LogP contribution in [0.5, 0.6) is 0 Å². The molecule has 0 aliphatic heterocycles. The third-order valence-corrected chi connectivity index (χ3v) is 3.68. The molecule has 0 radical (unpaired) electrons. The number of halogens is 1. The molecule has 0 aliphatic rings. The Hall–Kier alpha value is -1.26. The van der Waals surface area contributed by atoms with Crippen LogP contribution in [-0.2, 0) is 0 Å². The summed E-state index contributed by atoms with van der Waals surface area (Å²) in [5, 5.41) is 6.51. The van der Waals surface area contributed by atoms with Gasteiger partial charge >= 0.3 is 6.03 Å². The Morgan fingerprint density at radius 3 is 2.55 bits per heavy atom. The minimum absolute atomic E-state index is 0.0476. The predicted molar refractivity (Wildman–Crippen MR) is 84.2 cm³/mol. The molecule has 0 aliphatic carbocycles. The van der Waals surface area contributed by atoms with Gasteiger partial charge in [0.25, 0.3) is 0 Å². The van der Waals surface area contributed by atoms with Crippen LogP contribution >= 0.6 is 11.6 Å². The largest absolute Gasteiger partial charge is 0.336 e. The van der Waals surface area contributed by atoms with Crippen molar-refractivity contribution in [1.82, 2.24) is 15.5 Å². The molecule has 20 heavy (non-hydrogen) atoms. The predicted octanol–water partition coefficient (Wildman–Crippen LogP) is 3.04.